The second kappa shape index (κ2) is 11.9. The Labute approximate surface area is 169 Å². The van der Waals surface area contributed by atoms with Crippen molar-refractivity contribution in [1.29, 1.82) is 0 Å². The highest BCUT2D eigenvalue weighted by Crippen LogP contribution is 2.16. The number of hydrogen-bond acceptors (Lipinski definition) is 4. The van der Waals surface area contributed by atoms with E-state index in [-0.39, 0.29) is 49.0 Å². The molecule has 0 aliphatic carbocycles. The monoisotopic (exact) mass is 410 g/mol. The minimum absolute atomic E-state index is 0. The first-order valence-corrected chi connectivity index (χ1v) is 8.22. The van der Waals surface area contributed by atoms with E-state index in [9.17, 15) is 4.79 Å². The predicted molar refractivity (Wildman–Crippen MR) is 111 cm³/mol. The van der Waals surface area contributed by atoms with E-state index >= 15 is 0 Å². The van der Waals surface area contributed by atoms with Crippen LogP contribution in [0.4, 0.5) is 5.69 Å². The van der Waals surface area contributed by atoms with Gasteiger partial charge in [0, 0.05) is 45.0 Å². The van der Waals surface area contributed by atoms with Crippen molar-refractivity contribution in [3.05, 3.63) is 29.8 Å². The third-order valence-electron chi connectivity index (χ3n) is 4.63. The Kier molecular flexibility index (Phi) is 11.7. The summed E-state index contributed by atoms with van der Waals surface area (Å²) in [5.41, 5.74) is 2.19. The van der Waals surface area contributed by atoms with Gasteiger partial charge in [-0.3, -0.25) is 9.69 Å². The molecule has 2 N–H and O–H groups in total. The molecular formula is C17H29Cl3N4O. The maximum Gasteiger partial charge on any atom is 0.228 e. The van der Waals surface area contributed by atoms with E-state index in [0.717, 1.165) is 57.9 Å². The number of halogens is 3. The Hall–Kier alpha value is -0.560. The van der Waals surface area contributed by atoms with Gasteiger partial charge in [0.25, 0.3) is 0 Å². The van der Waals surface area contributed by atoms with Crippen molar-refractivity contribution in [2.45, 2.75) is 13.0 Å². The van der Waals surface area contributed by atoms with Gasteiger partial charge in [0.05, 0.1) is 5.92 Å². The summed E-state index contributed by atoms with van der Waals surface area (Å²) in [6.45, 7) is 7.19. The molecule has 0 saturated carbocycles. The van der Waals surface area contributed by atoms with E-state index in [1.54, 1.807) is 0 Å². The number of hydrogen-bond donors (Lipinski definition) is 2. The van der Waals surface area contributed by atoms with Crippen molar-refractivity contribution in [3.8, 4) is 0 Å². The zero-order valence-corrected chi connectivity index (χ0v) is 17.0. The van der Waals surface area contributed by atoms with Gasteiger partial charge < -0.3 is 15.5 Å². The van der Waals surface area contributed by atoms with Gasteiger partial charge in [0.2, 0.25) is 5.91 Å². The molecule has 1 atom stereocenters. The average Bonchev–Trinajstić information content (AvgIpc) is 3.04. The van der Waals surface area contributed by atoms with Crippen molar-refractivity contribution in [3.63, 3.8) is 0 Å². The number of carbonyl (C=O) groups is 1. The van der Waals surface area contributed by atoms with E-state index in [2.05, 4.69) is 39.6 Å². The third kappa shape index (κ3) is 7.29. The van der Waals surface area contributed by atoms with Gasteiger partial charge in [-0.2, -0.15) is 0 Å². The van der Waals surface area contributed by atoms with Crippen molar-refractivity contribution >= 4 is 48.8 Å². The van der Waals surface area contributed by atoms with Crippen LogP contribution in [0.3, 0.4) is 0 Å². The second-order valence-corrected chi connectivity index (χ2v) is 6.46. The van der Waals surface area contributed by atoms with Gasteiger partial charge in [-0.15, -0.1) is 37.2 Å². The first-order chi connectivity index (χ1) is 10.7. The lowest BCUT2D eigenvalue weighted by Gasteiger charge is -2.32. The van der Waals surface area contributed by atoms with Crippen LogP contribution in [0.1, 0.15) is 12.0 Å². The van der Waals surface area contributed by atoms with E-state index < -0.39 is 0 Å². The first kappa shape index (κ1) is 24.4. The van der Waals surface area contributed by atoms with Crippen molar-refractivity contribution in [2.75, 3.05) is 51.6 Å². The predicted octanol–water partition coefficient (Wildman–Crippen LogP) is 2.25. The molecule has 1 unspecified atom stereocenters. The second-order valence-electron chi connectivity index (χ2n) is 6.46. The van der Waals surface area contributed by atoms with Crippen LogP contribution >= 0.6 is 37.2 Å². The summed E-state index contributed by atoms with van der Waals surface area (Å²) in [5.74, 6) is 0.253. The maximum absolute atomic E-state index is 12.2. The van der Waals surface area contributed by atoms with Crippen molar-refractivity contribution in [1.82, 2.24) is 15.1 Å². The smallest absolute Gasteiger partial charge is 0.228 e. The Morgan fingerprint density at radius 1 is 1.20 bits per heavy atom. The van der Waals surface area contributed by atoms with Gasteiger partial charge in [-0.1, -0.05) is 12.1 Å². The largest absolute Gasteiger partial charge is 0.326 e. The Morgan fingerprint density at radius 3 is 2.56 bits per heavy atom. The van der Waals surface area contributed by atoms with E-state index in [4.69, 9.17) is 0 Å². The van der Waals surface area contributed by atoms with Crippen molar-refractivity contribution in [2.24, 2.45) is 5.92 Å². The molecule has 2 heterocycles. The Morgan fingerprint density at radius 2 is 1.92 bits per heavy atom. The van der Waals surface area contributed by atoms with Crippen LogP contribution in [-0.4, -0.2) is 62.0 Å². The molecule has 1 amide bonds. The van der Waals surface area contributed by atoms with Crippen LogP contribution in [-0.2, 0) is 11.3 Å². The van der Waals surface area contributed by atoms with Crippen LogP contribution in [0, 0.1) is 5.92 Å². The highest BCUT2D eigenvalue weighted by atomic mass is 35.5. The summed E-state index contributed by atoms with van der Waals surface area (Å²) < 4.78 is 0. The standard InChI is InChI=1S/C17H26N4O.3ClH/c1-20-7-9-21(10-8-20)13-14-3-2-4-16(11-14)19-17(22)15-5-6-18-12-15;;;/h2-4,11,15,18H,5-10,12-13H2,1H3,(H,19,22);3*1H. The minimum Gasteiger partial charge on any atom is -0.326 e. The Bertz CT molecular complexity index is 518. The number of nitrogens with one attached hydrogen (secondary N) is 2. The number of amides is 1. The normalized spacial score (nSPS) is 20.8. The zero-order chi connectivity index (χ0) is 15.4. The third-order valence-corrected chi connectivity index (χ3v) is 4.63. The Balaban J connectivity index is 0.00000192. The maximum atomic E-state index is 12.2. The molecule has 2 aliphatic rings. The molecule has 144 valence electrons. The number of piperazine rings is 1. The number of rotatable bonds is 4. The highest BCUT2D eigenvalue weighted by Gasteiger charge is 2.22. The topological polar surface area (TPSA) is 47.6 Å². The van der Waals surface area contributed by atoms with Crippen LogP contribution in [0.5, 0.6) is 0 Å². The van der Waals surface area contributed by atoms with Crippen LogP contribution in [0.2, 0.25) is 0 Å². The van der Waals surface area contributed by atoms with Gasteiger partial charge in [-0.25, -0.2) is 0 Å². The summed E-state index contributed by atoms with van der Waals surface area (Å²) >= 11 is 0. The lowest BCUT2D eigenvalue weighted by Crippen LogP contribution is -2.43. The van der Waals surface area contributed by atoms with E-state index in [1.807, 2.05) is 12.1 Å². The SMILES string of the molecule is CN1CCN(Cc2cccc(NC(=O)C3CCNC3)c2)CC1.Cl.Cl.Cl. The number of carbonyl (C=O) groups excluding carboxylic acids is 1. The molecule has 0 aromatic heterocycles. The van der Waals surface area contributed by atoms with Crippen molar-refractivity contribution < 1.29 is 4.79 Å². The molecule has 0 radical (unpaired) electrons. The zero-order valence-electron chi connectivity index (χ0n) is 14.6. The van der Waals surface area contributed by atoms with Gasteiger partial charge in [-0.05, 0) is 37.7 Å². The van der Waals surface area contributed by atoms with E-state index in [0.29, 0.717) is 0 Å². The number of likely N-dealkylation sites (N-methyl/N-ethyl adjacent to an activating group) is 1. The van der Waals surface area contributed by atoms with Gasteiger partial charge in [0.1, 0.15) is 0 Å². The molecule has 1 aromatic carbocycles. The van der Waals surface area contributed by atoms with Crippen LogP contribution < -0.4 is 10.6 Å². The summed E-state index contributed by atoms with van der Waals surface area (Å²) in [6.07, 6.45) is 0.937. The molecule has 2 saturated heterocycles. The summed E-state index contributed by atoms with van der Waals surface area (Å²) in [4.78, 5) is 17.0. The lowest BCUT2D eigenvalue weighted by molar-refractivity contribution is -0.119. The average molecular weight is 412 g/mol. The molecule has 2 fully saturated rings. The first-order valence-electron chi connectivity index (χ1n) is 8.22. The number of benzene rings is 1. The fraction of sp³-hybridized carbons (Fsp3) is 0.588. The van der Waals surface area contributed by atoms with Crippen LogP contribution in [0.25, 0.3) is 0 Å². The summed E-state index contributed by atoms with van der Waals surface area (Å²) in [7, 11) is 2.17. The summed E-state index contributed by atoms with van der Waals surface area (Å²) in [6, 6.07) is 8.27. The molecule has 3 rings (SSSR count). The number of nitrogens with zero attached hydrogens (tertiary/aromatic N) is 2. The fourth-order valence-electron chi connectivity index (χ4n) is 3.13. The summed E-state index contributed by atoms with van der Waals surface area (Å²) in [5, 5.41) is 6.30. The molecule has 1 aromatic rings. The van der Waals surface area contributed by atoms with Crippen LogP contribution in [0.15, 0.2) is 24.3 Å². The molecule has 2 aliphatic heterocycles. The number of anilines is 1. The lowest BCUT2D eigenvalue weighted by atomic mass is 10.1. The highest BCUT2D eigenvalue weighted by molar-refractivity contribution is 5.93. The molecule has 5 nitrogen and oxygen atoms in total. The molecule has 0 bridgehead atoms. The van der Waals surface area contributed by atoms with Gasteiger partial charge in [0.15, 0.2) is 0 Å². The fourth-order valence-corrected chi connectivity index (χ4v) is 3.13. The molecule has 25 heavy (non-hydrogen) atoms. The van der Waals surface area contributed by atoms with Gasteiger partial charge >= 0.3 is 0 Å². The molecule has 8 heteroatoms. The molecular weight excluding hydrogens is 383 g/mol. The van der Waals surface area contributed by atoms with E-state index in [1.165, 1.54) is 5.56 Å². The minimum atomic E-state index is 0. The quantitative estimate of drug-likeness (QED) is 0.798. The molecule has 0 spiro atoms.